The van der Waals surface area contributed by atoms with Crippen molar-refractivity contribution in [1.29, 1.82) is 0 Å². The fourth-order valence-electron chi connectivity index (χ4n) is 2.99. The Morgan fingerprint density at radius 2 is 2.13 bits per heavy atom. The molecule has 1 heterocycles. The van der Waals surface area contributed by atoms with Gasteiger partial charge in [-0.3, -0.25) is 4.79 Å². The summed E-state index contributed by atoms with van der Waals surface area (Å²) in [5.74, 6) is -0.0964. The van der Waals surface area contributed by atoms with Gasteiger partial charge in [-0.05, 0) is 43.9 Å². The van der Waals surface area contributed by atoms with Crippen molar-refractivity contribution in [2.24, 2.45) is 0 Å². The molecule has 5 nitrogen and oxygen atoms in total. The summed E-state index contributed by atoms with van der Waals surface area (Å²) in [6.07, 6.45) is 3.30. The Balaban J connectivity index is 2.24. The quantitative estimate of drug-likeness (QED) is 0.880. The SMILES string of the molecule is CC(=O)NCCC1CCCCN1S(=O)(=O)c1cccc(Cl)c1C. The van der Waals surface area contributed by atoms with E-state index in [-0.39, 0.29) is 16.8 Å². The Labute approximate surface area is 143 Å². The first-order valence-corrected chi connectivity index (χ1v) is 9.67. The summed E-state index contributed by atoms with van der Waals surface area (Å²) in [7, 11) is -3.58. The molecule has 1 unspecified atom stereocenters. The van der Waals surface area contributed by atoms with E-state index in [1.54, 1.807) is 29.4 Å². The van der Waals surface area contributed by atoms with Gasteiger partial charge in [0.1, 0.15) is 0 Å². The van der Waals surface area contributed by atoms with E-state index in [1.807, 2.05) is 0 Å². The summed E-state index contributed by atoms with van der Waals surface area (Å²) in [6, 6.07) is 4.88. The Morgan fingerprint density at radius 3 is 2.83 bits per heavy atom. The predicted octanol–water partition coefficient (Wildman–Crippen LogP) is 2.72. The molecule has 1 aliphatic rings. The van der Waals surface area contributed by atoms with E-state index in [0.717, 1.165) is 19.3 Å². The molecule has 1 amide bonds. The van der Waals surface area contributed by atoms with Crippen LogP contribution in [-0.2, 0) is 14.8 Å². The zero-order valence-corrected chi connectivity index (χ0v) is 15.1. The minimum absolute atomic E-state index is 0.0843. The summed E-state index contributed by atoms with van der Waals surface area (Å²) >= 11 is 6.08. The third-order valence-corrected chi connectivity index (χ3v) is 6.73. The van der Waals surface area contributed by atoms with Gasteiger partial charge in [0.15, 0.2) is 0 Å². The zero-order valence-electron chi connectivity index (χ0n) is 13.5. The number of halogens is 1. The van der Waals surface area contributed by atoms with Gasteiger partial charge in [0, 0.05) is 31.1 Å². The predicted molar refractivity (Wildman–Crippen MR) is 91.0 cm³/mol. The molecule has 7 heteroatoms. The lowest BCUT2D eigenvalue weighted by Crippen LogP contribution is -2.45. The number of piperidine rings is 1. The highest BCUT2D eigenvalue weighted by Crippen LogP contribution is 2.30. The molecule has 1 aliphatic heterocycles. The van der Waals surface area contributed by atoms with Gasteiger partial charge in [-0.15, -0.1) is 0 Å². The Kier molecular flexibility index (Phi) is 6.06. The molecule has 0 spiro atoms. The fourth-order valence-corrected chi connectivity index (χ4v) is 5.19. The monoisotopic (exact) mass is 358 g/mol. The molecule has 1 atom stereocenters. The molecule has 0 radical (unpaired) electrons. The van der Waals surface area contributed by atoms with Crippen LogP contribution in [0.1, 0.15) is 38.2 Å². The standard InChI is InChI=1S/C16H23ClN2O3S/c1-12-15(17)7-5-8-16(12)23(21,22)19-11-4-3-6-14(19)9-10-18-13(2)20/h5,7-8,14H,3-4,6,9-11H2,1-2H3,(H,18,20). The van der Waals surface area contributed by atoms with Crippen LogP contribution in [0.2, 0.25) is 5.02 Å². The van der Waals surface area contributed by atoms with Crippen LogP contribution in [0.25, 0.3) is 0 Å². The van der Waals surface area contributed by atoms with Crippen LogP contribution in [0, 0.1) is 6.92 Å². The van der Waals surface area contributed by atoms with E-state index >= 15 is 0 Å². The molecule has 2 rings (SSSR count). The van der Waals surface area contributed by atoms with Crippen molar-refractivity contribution in [3.63, 3.8) is 0 Å². The van der Waals surface area contributed by atoms with Crippen molar-refractivity contribution in [2.45, 2.75) is 50.5 Å². The normalized spacial score (nSPS) is 19.5. The number of sulfonamides is 1. The van der Waals surface area contributed by atoms with E-state index < -0.39 is 10.0 Å². The average Bonchev–Trinajstić information content (AvgIpc) is 2.50. The van der Waals surface area contributed by atoms with Crippen LogP contribution < -0.4 is 5.32 Å². The number of hydrogen-bond donors (Lipinski definition) is 1. The van der Waals surface area contributed by atoms with Crippen LogP contribution in [0.15, 0.2) is 23.1 Å². The highest BCUT2D eigenvalue weighted by molar-refractivity contribution is 7.89. The molecule has 23 heavy (non-hydrogen) atoms. The number of rotatable bonds is 5. The maximum absolute atomic E-state index is 13.0. The summed E-state index contributed by atoms with van der Waals surface area (Å²) < 4.78 is 27.7. The largest absolute Gasteiger partial charge is 0.356 e. The average molecular weight is 359 g/mol. The van der Waals surface area contributed by atoms with Gasteiger partial charge >= 0.3 is 0 Å². The summed E-state index contributed by atoms with van der Waals surface area (Å²) in [5.41, 5.74) is 0.584. The van der Waals surface area contributed by atoms with E-state index in [1.165, 1.54) is 6.92 Å². The highest BCUT2D eigenvalue weighted by Gasteiger charge is 2.34. The number of carbonyl (C=O) groups excluding carboxylic acids is 1. The number of benzene rings is 1. The Bertz CT molecular complexity index is 676. The molecule has 1 aromatic rings. The lowest BCUT2D eigenvalue weighted by Gasteiger charge is -2.35. The third kappa shape index (κ3) is 4.25. The summed E-state index contributed by atoms with van der Waals surface area (Å²) in [4.78, 5) is 11.3. The number of nitrogens with zero attached hydrogens (tertiary/aromatic N) is 1. The topological polar surface area (TPSA) is 66.5 Å². The maximum Gasteiger partial charge on any atom is 0.243 e. The van der Waals surface area contributed by atoms with Crippen molar-refractivity contribution >= 4 is 27.5 Å². The molecule has 0 aliphatic carbocycles. The van der Waals surface area contributed by atoms with Crippen molar-refractivity contribution < 1.29 is 13.2 Å². The lowest BCUT2D eigenvalue weighted by molar-refractivity contribution is -0.119. The van der Waals surface area contributed by atoms with E-state index in [4.69, 9.17) is 11.6 Å². The Hall–Kier alpha value is -1.11. The summed E-state index contributed by atoms with van der Waals surface area (Å²) in [6.45, 7) is 4.19. The van der Waals surface area contributed by atoms with Gasteiger partial charge in [0.2, 0.25) is 15.9 Å². The molecule has 0 aromatic heterocycles. The number of carbonyl (C=O) groups is 1. The highest BCUT2D eigenvalue weighted by atomic mass is 35.5. The van der Waals surface area contributed by atoms with Crippen LogP contribution >= 0.6 is 11.6 Å². The maximum atomic E-state index is 13.0. The molecule has 1 fully saturated rings. The first-order valence-electron chi connectivity index (χ1n) is 7.85. The van der Waals surface area contributed by atoms with Gasteiger partial charge in [0.05, 0.1) is 4.90 Å². The van der Waals surface area contributed by atoms with Crippen molar-refractivity contribution in [1.82, 2.24) is 9.62 Å². The molecule has 1 saturated heterocycles. The molecular formula is C16H23ClN2O3S. The second-order valence-electron chi connectivity index (χ2n) is 5.90. The minimum atomic E-state index is -3.58. The smallest absolute Gasteiger partial charge is 0.243 e. The van der Waals surface area contributed by atoms with Crippen molar-refractivity contribution in [3.05, 3.63) is 28.8 Å². The molecule has 1 N–H and O–H groups in total. The van der Waals surface area contributed by atoms with E-state index in [2.05, 4.69) is 5.32 Å². The van der Waals surface area contributed by atoms with Gasteiger partial charge < -0.3 is 5.32 Å². The molecule has 1 aromatic carbocycles. The molecule has 0 saturated carbocycles. The number of hydrogen-bond acceptors (Lipinski definition) is 3. The van der Waals surface area contributed by atoms with E-state index in [9.17, 15) is 13.2 Å². The third-order valence-electron chi connectivity index (χ3n) is 4.23. The Morgan fingerprint density at radius 1 is 1.39 bits per heavy atom. The molecule has 128 valence electrons. The zero-order chi connectivity index (χ0) is 17.0. The first kappa shape index (κ1) is 18.2. The van der Waals surface area contributed by atoms with Crippen molar-refractivity contribution in [2.75, 3.05) is 13.1 Å². The minimum Gasteiger partial charge on any atom is -0.356 e. The van der Waals surface area contributed by atoms with Crippen LogP contribution in [0.3, 0.4) is 0 Å². The first-order chi connectivity index (χ1) is 10.8. The van der Waals surface area contributed by atoms with Crippen LogP contribution in [-0.4, -0.2) is 37.8 Å². The molecular weight excluding hydrogens is 336 g/mol. The fraction of sp³-hybridized carbons (Fsp3) is 0.562. The van der Waals surface area contributed by atoms with Gasteiger partial charge in [0.25, 0.3) is 0 Å². The lowest BCUT2D eigenvalue weighted by atomic mass is 10.0. The summed E-state index contributed by atoms with van der Waals surface area (Å²) in [5, 5.41) is 3.20. The second kappa shape index (κ2) is 7.64. The van der Waals surface area contributed by atoms with E-state index in [0.29, 0.717) is 30.1 Å². The van der Waals surface area contributed by atoms with Crippen LogP contribution in [0.5, 0.6) is 0 Å². The second-order valence-corrected chi connectivity index (χ2v) is 8.17. The van der Waals surface area contributed by atoms with Crippen LogP contribution in [0.4, 0.5) is 0 Å². The number of amides is 1. The van der Waals surface area contributed by atoms with Crippen molar-refractivity contribution in [3.8, 4) is 0 Å². The molecule has 0 bridgehead atoms. The van der Waals surface area contributed by atoms with Gasteiger partial charge in [-0.25, -0.2) is 8.42 Å². The van der Waals surface area contributed by atoms with Gasteiger partial charge in [-0.1, -0.05) is 24.1 Å². The van der Waals surface area contributed by atoms with Gasteiger partial charge in [-0.2, -0.15) is 4.31 Å². The number of nitrogens with one attached hydrogen (secondary N) is 1.